The van der Waals surface area contributed by atoms with Crippen molar-refractivity contribution in [3.63, 3.8) is 0 Å². The predicted molar refractivity (Wildman–Crippen MR) is 22.0 cm³/mol. The molecular weight excluding hydrogens is 112 g/mol. The van der Waals surface area contributed by atoms with E-state index >= 15 is 0 Å². The van der Waals surface area contributed by atoms with Crippen molar-refractivity contribution in [1.29, 1.82) is 0 Å². The minimum absolute atomic E-state index is 0.677. The summed E-state index contributed by atoms with van der Waals surface area (Å²) in [6.07, 6.45) is -1.14. The molecule has 0 aliphatic carbocycles. The number of hydrogen-bond donors (Lipinski definition) is 1. The molecule has 0 aliphatic heterocycles. The van der Waals surface area contributed by atoms with Crippen LogP contribution in [0, 0.1) is 0 Å². The van der Waals surface area contributed by atoms with Gasteiger partial charge in [-0.15, -0.1) is 0 Å². The molecule has 0 aromatic heterocycles. The second-order valence-electron chi connectivity index (χ2n) is 1.21. The van der Waals surface area contributed by atoms with Gasteiger partial charge in [0.25, 0.3) is 0 Å². The highest BCUT2D eigenvalue weighted by atomic mass is 16.4. The molecule has 0 spiro atoms. The Morgan fingerprint density at radius 3 is 2.38 bits per heavy atom. The Hall–Kier alpha value is -0.900. The average molecular weight is 116 g/mol. The van der Waals surface area contributed by atoms with E-state index in [4.69, 9.17) is 5.11 Å². The first kappa shape index (κ1) is 7.10. The van der Waals surface area contributed by atoms with Crippen molar-refractivity contribution in [3.8, 4) is 0 Å². The number of carbonyl (C=O) groups excluding carboxylic acids is 2. The quantitative estimate of drug-likeness (QED) is 0.503. The minimum Gasteiger partial charge on any atom is -0.384 e. The fraction of sp³-hybridized carbons (Fsp3) is 0.500. The standard InChI is InChI=1S/C4H4O4/c5-2-3(6)1-4(7)8/h3,6H,1H2. The number of rotatable bonds is 3. The number of aliphatic hydroxyl groups is 1. The van der Waals surface area contributed by atoms with Crippen molar-refractivity contribution < 1.29 is 19.8 Å². The zero-order valence-electron chi connectivity index (χ0n) is 3.96. The second kappa shape index (κ2) is 3.15. The molecule has 44 valence electrons. The van der Waals surface area contributed by atoms with E-state index in [0.29, 0.717) is 0 Å². The van der Waals surface area contributed by atoms with E-state index < -0.39 is 18.5 Å². The number of aliphatic hydroxyl groups excluding tert-OH is 1. The third-order valence-corrected chi connectivity index (χ3v) is 0.496. The van der Waals surface area contributed by atoms with Crippen LogP contribution in [0.15, 0.2) is 0 Å². The third-order valence-electron chi connectivity index (χ3n) is 0.496. The van der Waals surface area contributed by atoms with Gasteiger partial charge in [0.05, 0.1) is 6.42 Å². The van der Waals surface area contributed by atoms with E-state index in [1.54, 1.807) is 0 Å². The van der Waals surface area contributed by atoms with Crippen molar-refractivity contribution in [1.82, 2.24) is 0 Å². The molecule has 0 amide bonds. The van der Waals surface area contributed by atoms with Gasteiger partial charge in [-0.05, 0) is 0 Å². The highest BCUT2D eigenvalue weighted by Gasteiger charge is 2.08. The molecule has 0 saturated heterocycles. The first-order valence-corrected chi connectivity index (χ1v) is 1.92. The summed E-state index contributed by atoms with van der Waals surface area (Å²) in [5, 5.41) is 17.7. The summed E-state index contributed by atoms with van der Waals surface area (Å²) in [4.78, 5) is 18.9. The molecule has 4 heteroatoms. The van der Waals surface area contributed by atoms with Gasteiger partial charge in [-0.2, -0.15) is 0 Å². The van der Waals surface area contributed by atoms with Crippen molar-refractivity contribution in [2.24, 2.45) is 0 Å². The van der Waals surface area contributed by atoms with Gasteiger partial charge in [-0.25, -0.2) is 9.90 Å². The highest BCUT2D eigenvalue weighted by Crippen LogP contribution is 1.84. The second-order valence-corrected chi connectivity index (χ2v) is 1.21. The summed E-state index contributed by atoms with van der Waals surface area (Å²) < 4.78 is 0. The van der Waals surface area contributed by atoms with Crippen molar-refractivity contribution in [2.75, 3.05) is 0 Å². The largest absolute Gasteiger partial charge is 0.384 e. The molecule has 2 radical (unpaired) electrons. The Morgan fingerprint density at radius 2 is 2.25 bits per heavy atom. The van der Waals surface area contributed by atoms with Crippen LogP contribution >= 0.6 is 0 Å². The maximum absolute atomic E-state index is 9.52. The maximum atomic E-state index is 9.52. The van der Waals surface area contributed by atoms with Crippen molar-refractivity contribution in [2.45, 2.75) is 12.5 Å². The summed E-state index contributed by atoms with van der Waals surface area (Å²) >= 11 is 0. The SMILES string of the molecule is [O]C(=O)CC(O)[C]=O. The molecule has 0 rings (SSSR count). The van der Waals surface area contributed by atoms with Crippen LogP contribution < -0.4 is 0 Å². The van der Waals surface area contributed by atoms with E-state index in [0.717, 1.165) is 6.29 Å². The van der Waals surface area contributed by atoms with Crippen LogP contribution in [0.3, 0.4) is 0 Å². The normalized spacial score (nSPS) is 12.6. The van der Waals surface area contributed by atoms with E-state index in [1.807, 2.05) is 0 Å². The zero-order chi connectivity index (χ0) is 6.57. The van der Waals surface area contributed by atoms with E-state index in [1.165, 1.54) is 0 Å². The van der Waals surface area contributed by atoms with Crippen LogP contribution in [-0.2, 0) is 14.7 Å². The molecule has 0 bridgehead atoms. The van der Waals surface area contributed by atoms with Crippen LogP contribution in [0.1, 0.15) is 6.42 Å². The van der Waals surface area contributed by atoms with Gasteiger partial charge < -0.3 is 5.11 Å². The fourth-order valence-electron chi connectivity index (χ4n) is 0.200. The lowest BCUT2D eigenvalue weighted by Crippen LogP contribution is -2.12. The van der Waals surface area contributed by atoms with Gasteiger partial charge in [0.1, 0.15) is 6.10 Å². The summed E-state index contributed by atoms with van der Waals surface area (Å²) in [5.74, 6) is -1.46. The lowest BCUT2D eigenvalue weighted by Gasteiger charge is -1.89. The molecule has 0 fully saturated rings. The van der Waals surface area contributed by atoms with Gasteiger partial charge >= 0.3 is 5.97 Å². The van der Waals surface area contributed by atoms with E-state index in [-0.39, 0.29) is 0 Å². The Morgan fingerprint density at radius 1 is 1.75 bits per heavy atom. The summed E-state index contributed by atoms with van der Waals surface area (Å²) in [5.41, 5.74) is 0. The van der Waals surface area contributed by atoms with Gasteiger partial charge in [-0.1, -0.05) is 0 Å². The third kappa shape index (κ3) is 3.30. The smallest absolute Gasteiger partial charge is 0.358 e. The molecule has 0 saturated carbocycles. The van der Waals surface area contributed by atoms with Crippen LogP contribution in [0.25, 0.3) is 0 Å². The molecule has 0 aliphatic rings. The summed E-state index contributed by atoms with van der Waals surface area (Å²) in [6, 6.07) is 0. The Labute approximate surface area is 45.7 Å². The Kier molecular flexibility index (Phi) is 2.79. The van der Waals surface area contributed by atoms with Gasteiger partial charge in [0, 0.05) is 0 Å². The fourth-order valence-corrected chi connectivity index (χ4v) is 0.200. The summed E-state index contributed by atoms with van der Waals surface area (Å²) in [7, 11) is 0. The molecule has 1 atom stereocenters. The first-order valence-electron chi connectivity index (χ1n) is 1.92. The maximum Gasteiger partial charge on any atom is 0.358 e. The molecule has 0 heterocycles. The average Bonchev–Trinajstić information content (AvgIpc) is 1.65. The monoisotopic (exact) mass is 116 g/mol. The van der Waals surface area contributed by atoms with Gasteiger partial charge in [0.2, 0.25) is 6.29 Å². The van der Waals surface area contributed by atoms with Crippen LogP contribution in [0.4, 0.5) is 0 Å². The molecule has 1 N–H and O–H groups in total. The molecule has 0 aromatic carbocycles. The predicted octanol–water partition coefficient (Wildman–Crippen LogP) is -1.20. The lowest BCUT2D eigenvalue weighted by atomic mass is 10.3. The molecule has 8 heavy (non-hydrogen) atoms. The first-order chi connectivity index (χ1) is 3.66. The topological polar surface area (TPSA) is 74.3 Å². The Balaban J connectivity index is 3.38. The highest BCUT2D eigenvalue weighted by molar-refractivity contribution is 5.72. The van der Waals surface area contributed by atoms with Crippen LogP contribution in [-0.4, -0.2) is 23.5 Å². The van der Waals surface area contributed by atoms with Crippen molar-refractivity contribution >= 4 is 12.3 Å². The molecule has 1 unspecified atom stereocenters. The number of carbonyl (C=O) groups is 1. The van der Waals surface area contributed by atoms with Crippen LogP contribution in [0.5, 0.6) is 0 Å². The summed E-state index contributed by atoms with van der Waals surface area (Å²) in [6.45, 7) is 0. The molecular formula is C4H4O4. The van der Waals surface area contributed by atoms with Gasteiger partial charge in [-0.3, -0.25) is 4.79 Å². The zero-order valence-corrected chi connectivity index (χ0v) is 3.96. The Bertz CT molecular complexity index is 98.2. The van der Waals surface area contributed by atoms with E-state index in [2.05, 4.69) is 0 Å². The van der Waals surface area contributed by atoms with Gasteiger partial charge in [0.15, 0.2) is 0 Å². The van der Waals surface area contributed by atoms with Crippen LogP contribution in [0.2, 0.25) is 0 Å². The van der Waals surface area contributed by atoms with Crippen molar-refractivity contribution in [3.05, 3.63) is 0 Å². The minimum atomic E-state index is -1.54. The lowest BCUT2D eigenvalue weighted by molar-refractivity contribution is -0.144. The number of hydrogen-bond acceptors (Lipinski definition) is 3. The molecule has 4 nitrogen and oxygen atoms in total. The molecule has 0 aromatic rings. The van der Waals surface area contributed by atoms with E-state index in [9.17, 15) is 14.7 Å².